The number of nitrogens with zero attached hydrogens (tertiary/aromatic N) is 3. The van der Waals surface area contributed by atoms with E-state index >= 15 is 0 Å². The van der Waals surface area contributed by atoms with Gasteiger partial charge < -0.3 is 16.4 Å². The number of aromatic amines is 1. The Morgan fingerprint density at radius 2 is 1.72 bits per heavy atom. The van der Waals surface area contributed by atoms with Crippen molar-refractivity contribution in [2.24, 2.45) is 0 Å². The largest absolute Gasteiger partial charge is 0.417 e. The fourth-order valence-corrected chi connectivity index (χ4v) is 3.80. The van der Waals surface area contributed by atoms with Crippen molar-refractivity contribution in [3.8, 4) is 11.1 Å². The lowest BCUT2D eigenvalue weighted by atomic mass is 10.0. The fourth-order valence-electron chi connectivity index (χ4n) is 3.80. The Morgan fingerprint density at radius 3 is 2.44 bits per heavy atom. The number of benzene rings is 2. The molecule has 0 unspecified atom stereocenters. The number of anilines is 3. The van der Waals surface area contributed by atoms with Crippen molar-refractivity contribution in [3.05, 3.63) is 95.3 Å². The van der Waals surface area contributed by atoms with E-state index < -0.39 is 40.5 Å². The lowest BCUT2D eigenvalue weighted by Gasteiger charge is -2.15. The third-order valence-electron chi connectivity index (χ3n) is 5.83. The number of halogens is 5. The molecule has 5 rings (SSSR count). The van der Waals surface area contributed by atoms with Gasteiger partial charge in [0.15, 0.2) is 11.5 Å². The maximum Gasteiger partial charge on any atom is 0.417 e. The first-order chi connectivity index (χ1) is 18.6. The van der Waals surface area contributed by atoms with Gasteiger partial charge in [-0.3, -0.25) is 9.89 Å². The summed E-state index contributed by atoms with van der Waals surface area (Å²) in [4.78, 5) is 20.9. The van der Waals surface area contributed by atoms with E-state index in [2.05, 4.69) is 30.8 Å². The molecule has 3 aromatic heterocycles. The van der Waals surface area contributed by atoms with Crippen molar-refractivity contribution >= 4 is 34.3 Å². The minimum Gasteiger partial charge on any atom is -0.382 e. The third kappa shape index (κ3) is 5.46. The van der Waals surface area contributed by atoms with Gasteiger partial charge in [0.05, 0.1) is 22.2 Å². The molecule has 0 atom stereocenters. The molecule has 0 aliphatic heterocycles. The SMILES string of the molecule is Nc1n[nH]c2ncc(-c3ccc(CNc4ncc(C(F)(F)F)cc4C(=O)Nc4ccc(F)cc4F)cc3)cc12. The van der Waals surface area contributed by atoms with Crippen LogP contribution < -0.4 is 16.4 Å². The Balaban J connectivity index is 1.36. The van der Waals surface area contributed by atoms with E-state index in [0.717, 1.165) is 28.8 Å². The van der Waals surface area contributed by atoms with E-state index in [1.54, 1.807) is 18.3 Å². The molecular weight excluding hydrogens is 521 g/mol. The highest BCUT2D eigenvalue weighted by Gasteiger charge is 2.32. The zero-order chi connectivity index (χ0) is 27.7. The van der Waals surface area contributed by atoms with Gasteiger partial charge in [0.1, 0.15) is 17.5 Å². The summed E-state index contributed by atoms with van der Waals surface area (Å²) in [5.41, 5.74) is 6.74. The molecule has 3 heterocycles. The molecule has 13 heteroatoms. The summed E-state index contributed by atoms with van der Waals surface area (Å²) < 4.78 is 67.1. The minimum atomic E-state index is -4.77. The van der Waals surface area contributed by atoms with E-state index in [9.17, 15) is 26.7 Å². The Bertz CT molecular complexity index is 1680. The monoisotopic (exact) mass is 539 g/mol. The Hall–Kier alpha value is -5.07. The molecule has 0 aliphatic carbocycles. The second-order valence-electron chi connectivity index (χ2n) is 8.48. The normalized spacial score (nSPS) is 11.5. The van der Waals surface area contributed by atoms with E-state index in [-0.39, 0.29) is 12.4 Å². The van der Waals surface area contributed by atoms with Crippen LogP contribution in [0.2, 0.25) is 0 Å². The summed E-state index contributed by atoms with van der Waals surface area (Å²) in [6.45, 7) is 0.107. The van der Waals surface area contributed by atoms with Crippen LogP contribution in [-0.4, -0.2) is 26.1 Å². The number of rotatable bonds is 6. The van der Waals surface area contributed by atoms with Crippen molar-refractivity contribution in [2.45, 2.75) is 12.7 Å². The van der Waals surface area contributed by atoms with Crippen molar-refractivity contribution in [2.75, 3.05) is 16.4 Å². The topological polar surface area (TPSA) is 122 Å². The Labute approximate surface area is 217 Å². The number of hydrogen-bond donors (Lipinski definition) is 4. The molecule has 5 N–H and O–H groups in total. The molecule has 39 heavy (non-hydrogen) atoms. The first kappa shape index (κ1) is 25.6. The molecule has 1 amide bonds. The number of aromatic nitrogens is 4. The van der Waals surface area contributed by atoms with Crippen LogP contribution in [0.5, 0.6) is 0 Å². The van der Waals surface area contributed by atoms with Gasteiger partial charge in [0, 0.05) is 30.6 Å². The molecule has 0 fully saturated rings. The van der Waals surface area contributed by atoms with Crippen LogP contribution in [0, 0.1) is 11.6 Å². The second-order valence-corrected chi connectivity index (χ2v) is 8.48. The first-order valence-corrected chi connectivity index (χ1v) is 11.3. The van der Waals surface area contributed by atoms with Crippen molar-refractivity contribution in [3.63, 3.8) is 0 Å². The summed E-state index contributed by atoms with van der Waals surface area (Å²) in [7, 11) is 0. The Morgan fingerprint density at radius 1 is 0.949 bits per heavy atom. The highest BCUT2D eigenvalue weighted by molar-refractivity contribution is 6.07. The second kappa shape index (κ2) is 10.0. The molecule has 8 nitrogen and oxygen atoms in total. The van der Waals surface area contributed by atoms with Crippen molar-refractivity contribution < 1.29 is 26.7 Å². The quantitative estimate of drug-likeness (QED) is 0.204. The molecular formula is C26H18F5N7O. The van der Waals surface area contributed by atoms with Crippen LogP contribution >= 0.6 is 0 Å². The van der Waals surface area contributed by atoms with Gasteiger partial charge in [-0.1, -0.05) is 24.3 Å². The van der Waals surface area contributed by atoms with E-state index in [1.165, 1.54) is 0 Å². The number of nitrogen functional groups attached to an aromatic ring is 1. The lowest BCUT2D eigenvalue weighted by Crippen LogP contribution is -2.18. The highest BCUT2D eigenvalue weighted by atomic mass is 19.4. The molecule has 0 radical (unpaired) electrons. The molecule has 2 aromatic carbocycles. The zero-order valence-electron chi connectivity index (χ0n) is 19.8. The van der Waals surface area contributed by atoms with Crippen LogP contribution in [0.3, 0.4) is 0 Å². The molecule has 0 spiro atoms. The minimum absolute atomic E-state index is 0.107. The Kier molecular flexibility index (Phi) is 6.56. The molecule has 5 aromatic rings. The van der Waals surface area contributed by atoms with Crippen LogP contribution in [0.1, 0.15) is 21.5 Å². The van der Waals surface area contributed by atoms with Gasteiger partial charge >= 0.3 is 6.18 Å². The number of nitrogens with two attached hydrogens (primary N) is 1. The van der Waals surface area contributed by atoms with E-state index in [4.69, 9.17) is 5.73 Å². The number of carbonyl (C=O) groups is 1. The predicted octanol–water partition coefficient (Wildman–Crippen LogP) is 5.76. The lowest BCUT2D eigenvalue weighted by molar-refractivity contribution is -0.137. The molecule has 0 saturated carbocycles. The summed E-state index contributed by atoms with van der Waals surface area (Å²) >= 11 is 0. The average Bonchev–Trinajstić information content (AvgIpc) is 3.28. The summed E-state index contributed by atoms with van der Waals surface area (Å²) in [6, 6.07) is 12.1. The maximum atomic E-state index is 14.0. The molecule has 0 bridgehead atoms. The fraction of sp³-hybridized carbons (Fsp3) is 0.0769. The van der Waals surface area contributed by atoms with Crippen molar-refractivity contribution in [1.82, 2.24) is 20.2 Å². The first-order valence-electron chi connectivity index (χ1n) is 11.3. The summed E-state index contributed by atoms with van der Waals surface area (Å²) in [5, 5.41) is 12.3. The van der Waals surface area contributed by atoms with Gasteiger partial charge in [-0.05, 0) is 35.4 Å². The number of nitrogens with one attached hydrogen (secondary N) is 3. The van der Waals surface area contributed by atoms with Crippen LogP contribution in [0.25, 0.3) is 22.2 Å². The van der Waals surface area contributed by atoms with E-state index in [1.807, 2.05) is 18.2 Å². The zero-order valence-corrected chi connectivity index (χ0v) is 19.8. The maximum absolute atomic E-state index is 14.0. The van der Waals surface area contributed by atoms with E-state index in [0.29, 0.717) is 35.2 Å². The van der Waals surface area contributed by atoms with Gasteiger partial charge in [0.2, 0.25) is 0 Å². The van der Waals surface area contributed by atoms with Gasteiger partial charge in [-0.15, -0.1) is 0 Å². The molecule has 198 valence electrons. The number of carbonyl (C=O) groups excluding carboxylic acids is 1. The number of amides is 1. The van der Waals surface area contributed by atoms with Gasteiger partial charge in [-0.25, -0.2) is 18.7 Å². The van der Waals surface area contributed by atoms with Crippen LogP contribution in [0.4, 0.5) is 39.3 Å². The van der Waals surface area contributed by atoms with Crippen molar-refractivity contribution in [1.29, 1.82) is 0 Å². The summed E-state index contributed by atoms with van der Waals surface area (Å²) in [6.07, 6.45) is -2.52. The molecule has 0 saturated heterocycles. The van der Waals surface area contributed by atoms with Gasteiger partial charge in [0.25, 0.3) is 5.91 Å². The standard InChI is InChI=1S/C26H18F5N7O/c27-17-5-6-21(20(28)9-17)36-25(39)19-8-16(26(29,30)31)12-35-23(19)33-10-13-1-3-14(4-2-13)15-7-18-22(32)37-38-24(18)34-11-15/h1-9,11-12H,10H2,(H,33,35)(H,36,39)(H3,32,34,37,38). The number of pyridine rings is 2. The molecule has 0 aliphatic rings. The van der Waals surface area contributed by atoms with Crippen LogP contribution in [-0.2, 0) is 12.7 Å². The van der Waals surface area contributed by atoms with Gasteiger partial charge in [-0.2, -0.15) is 18.3 Å². The number of H-pyrrole nitrogens is 1. The number of alkyl halides is 3. The highest BCUT2D eigenvalue weighted by Crippen LogP contribution is 2.31. The van der Waals surface area contributed by atoms with Crippen LogP contribution in [0.15, 0.2) is 67.0 Å². The third-order valence-corrected chi connectivity index (χ3v) is 5.83. The average molecular weight is 539 g/mol. The number of hydrogen-bond acceptors (Lipinski definition) is 6. The summed E-state index contributed by atoms with van der Waals surface area (Å²) in [5.74, 6) is -2.84. The number of fused-ring (bicyclic) bond motifs is 1. The smallest absolute Gasteiger partial charge is 0.382 e. The predicted molar refractivity (Wildman–Crippen MR) is 135 cm³/mol.